The summed E-state index contributed by atoms with van der Waals surface area (Å²) in [6.07, 6.45) is -4.08. The fourth-order valence-corrected chi connectivity index (χ4v) is 4.34. The number of alkyl halides is 3. The van der Waals surface area contributed by atoms with E-state index in [1.54, 1.807) is 0 Å². The van der Waals surface area contributed by atoms with Gasteiger partial charge in [0.15, 0.2) is 15.8 Å². The van der Waals surface area contributed by atoms with Crippen LogP contribution in [0.15, 0.2) is 23.2 Å². The van der Waals surface area contributed by atoms with Gasteiger partial charge in [0, 0.05) is 12.6 Å². The molecule has 146 valence electrons. The first-order valence-electron chi connectivity index (χ1n) is 8.14. The highest BCUT2D eigenvalue weighted by Gasteiger charge is 2.34. The third-order valence-electron chi connectivity index (χ3n) is 3.95. The summed E-state index contributed by atoms with van der Waals surface area (Å²) in [4.78, 5) is 4.18. The molecule has 1 heterocycles. The van der Waals surface area contributed by atoms with Gasteiger partial charge in [-0.1, -0.05) is 6.07 Å². The van der Waals surface area contributed by atoms with Crippen molar-refractivity contribution in [1.82, 2.24) is 10.6 Å². The van der Waals surface area contributed by atoms with Crippen molar-refractivity contribution in [3.8, 4) is 5.75 Å². The van der Waals surface area contributed by atoms with E-state index >= 15 is 0 Å². The van der Waals surface area contributed by atoms with Gasteiger partial charge < -0.3 is 15.4 Å². The van der Waals surface area contributed by atoms with Crippen molar-refractivity contribution < 1.29 is 26.3 Å². The molecule has 0 saturated carbocycles. The molecule has 1 unspecified atom stereocenters. The normalized spacial score (nSPS) is 20.0. The van der Waals surface area contributed by atoms with Gasteiger partial charge in [-0.05, 0) is 31.0 Å². The molecule has 0 aliphatic carbocycles. The molecule has 1 aromatic carbocycles. The number of benzene rings is 1. The minimum Gasteiger partial charge on any atom is -0.497 e. The average Bonchev–Trinajstić information content (AvgIpc) is 2.90. The van der Waals surface area contributed by atoms with Gasteiger partial charge >= 0.3 is 6.18 Å². The Morgan fingerprint density at radius 1 is 1.38 bits per heavy atom. The summed E-state index contributed by atoms with van der Waals surface area (Å²) >= 11 is 0. The Balaban J connectivity index is 2.19. The summed E-state index contributed by atoms with van der Waals surface area (Å²) in [5, 5.41) is 5.90. The first-order valence-corrected chi connectivity index (χ1v) is 9.96. The second kappa shape index (κ2) is 8.15. The highest BCUT2D eigenvalue weighted by atomic mass is 32.2. The molecular formula is C16H22F3N3O3S. The van der Waals surface area contributed by atoms with Crippen molar-refractivity contribution in [3.63, 3.8) is 0 Å². The maximum absolute atomic E-state index is 13.2. The summed E-state index contributed by atoms with van der Waals surface area (Å²) < 4.78 is 67.7. The van der Waals surface area contributed by atoms with Crippen LogP contribution in [-0.2, 0) is 22.6 Å². The number of hydrogen-bond donors (Lipinski definition) is 2. The summed E-state index contributed by atoms with van der Waals surface area (Å²) in [7, 11) is -1.76. The van der Waals surface area contributed by atoms with Crippen LogP contribution in [-0.4, -0.2) is 45.6 Å². The van der Waals surface area contributed by atoms with Gasteiger partial charge in [0.05, 0.1) is 30.7 Å². The lowest BCUT2D eigenvalue weighted by Gasteiger charge is -2.17. The van der Waals surface area contributed by atoms with Gasteiger partial charge in [-0.2, -0.15) is 13.2 Å². The van der Waals surface area contributed by atoms with E-state index < -0.39 is 21.6 Å². The van der Waals surface area contributed by atoms with Crippen molar-refractivity contribution >= 4 is 15.8 Å². The first-order chi connectivity index (χ1) is 12.1. The van der Waals surface area contributed by atoms with Crippen LogP contribution in [0.25, 0.3) is 0 Å². The topological polar surface area (TPSA) is 79.8 Å². The Labute approximate surface area is 150 Å². The Kier molecular flexibility index (Phi) is 6.38. The summed E-state index contributed by atoms with van der Waals surface area (Å²) in [6, 6.07) is 3.42. The van der Waals surface area contributed by atoms with Crippen molar-refractivity contribution in [2.24, 2.45) is 4.99 Å². The lowest BCUT2D eigenvalue weighted by molar-refractivity contribution is -0.138. The SMILES string of the molecule is CCNC(=NCc1ccc(OC)cc1C(F)(F)F)NC1CCS(=O)(=O)C1. The number of guanidine groups is 1. The minimum atomic E-state index is -4.52. The maximum Gasteiger partial charge on any atom is 0.416 e. The molecule has 0 amide bonds. The number of nitrogens with one attached hydrogen (secondary N) is 2. The largest absolute Gasteiger partial charge is 0.497 e. The number of rotatable bonds is 5. The molecule has 1 aliphatic heterocycles. The number of aliphatic imine (C=N–C) groups is 1. The fourth-order valence-electron chi connectivity index (χ4n) is 2.67. The van der Waals surface area contributed by atoms with E-state index in [1.807, 2.05) is 6.92 Å². The summed E-state index contributed by atoms with van der Waals surface area (Å²) in [5.74, 6) is 0.499. The number of nitrogens with zero attached hydrogens (tertiary/aromatic N) is 1. The predicted molar refractivity (Wildman–Crippen MR) is 93.0 cm³/mol. The zero-order valence-corrected chi connectivity index (χ0v) is 15.4. The van der Waals surface area contributed by atoms with Crippen LogP contribution in [0.4, 0.5) is 13.2 Å². The quantitative estimate of drug-likeness (QED) is 0.591. The molecular weight excluding hydrogens is 371 g/mol. The molecule has 0 spiro atoms. The molecule has 1 aromatic rings. The van der Waals surface area contributed by atoms with Crippen LogP contribution in [0, 0.1) is 0 Å². The first kappa shape index (κ1) is 20.3. The minimum absolute atomic E-state index is 0.00620. The van der Waals surface area contributed by atoms with Crippen LogP contribution in [0.3, 0.4) is 0 Å². The smallest absolute Gasteiger partial charge is 0.416 e. The van der Waals surface area contributed by atoms with E-state index in [9.17, 15) is 21.6 Å². The Bertz CT molecular complexity index is 764. The molecule has 0 aromatic heterocycles. The molecule has 1 aliphatic rings. The Morgan fingerprint density at radius 3 is 2.65 bits per heavy atom. The molecule has 1 atom stereocenters. The van der Waals surface area contributed by atoms with Crippen LogP contribution in [0.2, 0.25) is 0 Å². The maximum atomic E-state index is 13.2. The molecule has 1 saturated heterocycles. The van der Waals surface area contributed by atoms with Crippen molar-refractivity contribution in [2.45, 2.75) is 32.1 Å². The van der Waals surface area contributed by atoms with E-state index in [4.69, 9.17) is 4.74 Å². The second-order valence-electron chi connectivity index (χ2n) is 5.96. The number of sulfone groups is 1. The van der Waals surface area contributed by atoms with Gasteiger partial charge in [0.25, 0.3) is 0 Å². The van der Waals surface area contributed by atoms with Crippen LogP contribution < -0.4 is 15.4 Å². The molecule has 6 nitrogen and oxygen atoms in total. The monoisotopic (exact) mass is 393 g/mol. The second-order valence-corrected chi connectivity index (χ2v) is 8.19. The molecule has 10 heteroatoms. The van der Waals surface area contributed by atoms with E-state index in [0.29, 0.717) is 18.9 Å². The lowest BCUT2D eigenvalue weighted by atomic mass is 10.1. The third kappa shape index (κ3) is 5.52. The van der Waals surface area contributed by atoms with Gasteiger partial charge in [0.1, 0.15) is 5.75 Å². The highest BCUT2D eigenvalue weighted by molar-refractivity contribution is 7.91. The Hall–Kier alpha value is -1.97. The van der Waals surface area contributed by atoms with Gasteiger partial charge in [-0.15, -0.1) is 0 Å². The van der Waals surface area contributed by atoms with Gasteiger partial charge in [-0.25, -0.2) is 13.4 Å². The summed E-state index contributed by atoms with van der Waals surface area (Å²) in [5.41, 5.74) is -0.797. The number of halogens is 3. The standard InChI is InChI=1S/C16H22F3N3O3S/c1-3-20-15(22-12-6-7-26(23,24)10-12)21-9-11-4-5-13(25-2)8-14(11)16(17,18)19/h4-5,8,12H,3,6-7,9-10H2,1-2H3,(H2,20,21,22). The van der Waals surface area contributed by atoms with Gasteiger partial charge in [0.2, 0.25) is 0 Å². The van der Waals surface area contributed by atoms with E-state index in [0.717, 1.165) is 6.07 Å². The Morgan fingerprint density at radius 2 is 2.12 bits per heavy atom. The van der Waals surface area contributed by atoms with E-state index in [2.05, 4.69) is 15.6 Å². The summed E-state index contributed by atoms with van der Waals surface area (Å²) in [6.45, 7) is 2.12. The lowest BCUT2D eigenvalue weighted by Crippen LogP contribution is -2.44. The zero-order chi connectivity index (χ0) is 19.4. The number of methoxy groups -OCH3 is 1. The predicted octanol–water partition coefficient (Wildman–Crippen LogP) is 1.96. The van der Waals surface area contributed by atoms with Crippen LogP contribution in [0.1, 0.15) is 24.5 Å². The number of ether oxygens (including phenoxy) is 1. The highest BCUT2D eigenvalue weighted by Crippen LogP contribution is 2.34. The van der Waals surface area contributed by atoms with Crippen LogP contribution >= 0.6 is 0 Å². The molecule has 2 N–H and O–H groups in total. The van der Waals surface area contributed by atoms with E-state index in [-0.39, 0.29) is 35.4 Å². The van der Waals surface area contributed by atoms with Crippen molar-refractivity contribution in [2.75, 3.05) is 25.2 Å². The number of hydrogen-bond acceptors (Lipinski definition) is 4. The van der Waals surface area contributed by atoms with Crippen molar-refractivity contribution in [3.05, 3.63) is 29.3 Å². The zero-order valence-electron chi connectivity index (χ0n) is 14.6. The molecule has 1 fully saturated rings. The van der Waals surface area contributed by atoms with Crippen molar-refractivity contribution in [1.29, 1.82) is 0 Å². The molecule has 2 rings (SSSR count). The third-order valence-corrected chi connectivity index (χ3v) is 5.72. The molecule has 0 bridgehead atoms. The van der Waals surface area contributed by atoms with E-state index in [1.165, 1.54) is 19.2 Å². The van der Waals surface area contributed by atoms with Crippen LogP contribution in [0.5, 0.6) is 5.75 Å². The fraction of sp³-hybridized carbons (Fsp3) is 0.562. The average molecular weight is 393 g/mol. The molecule has 0 radical (unpaired) electrons. The van der Waals surface area contributed by atoms with Gasteiger partial charge in [-0.3, -0.25) is 0 Å². The molecule has 26 heavy (non-hydrogen) atoms.